The fraction of sp³-hybridized carbons (Fsp3) is 0.667. The van der Waals surface area contributed by atoms with E-state index in [9.17, 15) is 5.11 Å². The van der Waals surface area contributed by atoms with Crippen LogP contribution >= 0.6 is 0 Å². The normalized spacial score (nSPS) is 31.8. The first-order valence-electron chi connectivity index (χ1n) is 8.03. The van der Waals surface area contributed by atoms with Crippen molar-refractivity contribution in [3.63, 3.8) is 0 Å². The molecule has 116 valence electrons. The molecule has 3 atom stereocenters. The van der Waals surface area contributed by atoms with Gasteiger partial charge in [0.2, 0.25) is 0 Å². The van der Waals surface area contributed by atoms with E-state index in [0.29, 0.717) is 5.92 Å². The summed E-state index contributed by atoms with van der Waals surface area (Å²) in [6, 6.07) is 4.21. The largest absolute Gasteiger partial charge is 0.493 e. The molecule has 0 amide bonds. The fourth-order valence-corrected chi connectivity index (χ4v) is 4.31. The molecule has 1 aromatic carbocycles. The molecule has 2 bridgehead atoms. The molecule has 3 rings (SSSR count). The summed E-state index contributed by atoms with van der Waals surface area (Å²) >= 11 is 0. The maximum absolute atomic E-state index is 10.9. The van der Waals surface area contributed by atoms with Gasteiger partial charge in [0.1, 0.15) is 0 Å². The Morgan fingerprint density at radius 3 is 2.52 bits per heavy atom. The van der Waals surface area contributed by atoms with Crippen LogP contribution in [0.15, 0.2) is 12.1 Å². The van der Waals surface area contributed by atoms with E-state index >= 15 is 0 Å². The Morgan fingerprint density at radius 1 is 1.10 bits per heavy atom. The third-order valence-electron chi connectivity index (χ3n) is 5.58. The lowest BCUT2D eigenvalue weighted by Gasteiger charge is -2.46. The number of rotatable bonds is 2. The van der Waals surface area contributed by atoms with Crippen LogP contribution in [0.2, 0.25) is 0 Å². The summed E-state index contributed by atoms with van der Waals surface area (Å²) in [7, 11) is 3.36. The summed E-state index contributed by atoms with van der Waals surface area (Å²) in [5, 5.41) is 10.9. The van der Waals surface area contributed by atoms with Gasteiger partial charge in [0.25, 0.3) is 0 Å². The Bertz CT molecular complexity index is 525. The van der Waals surface area contributed by atoms with Crippen LogP contribution in [0.5, 0.6) is 11.5 Å². The van der Waals surface area contributed by atoms with Gasteiger partial charge >= 0.3 is 0 Å². The number of aliphatic hydroxyl groups is 1. The second-order valence-electron chi connectivity index (χ2n) is 6.79. The molecule has 0 saturated heterocycles. The number of methoxy groups -OCH3 is 2. The van der Waals surface area contributed by atoms with Gasteiger partial charge in [0.15, 0.2) is 11.5 Å². The molecule has 0 spiro atoms. The van der Waals surface area contributed by atoms with E-state index in [4.69, 9.17) is 9.47 Å². The van der Waals surface area contributed by atoms with E-state index in [0.717, 1.165) is 30.8 Å². The first-order valence-corrected chi connectivity index (χ1v) is 8.03. The molecule has 3 heteroatoms. The van der Waals surface area contributed by atoms with Gasteiger partial charge in [0, 0.05) is 5.41 Å². The first kappa shape index (κ1) is 14.7. The zero-order valence-electron chi connectivity index (χ0n) is 13.3. The molecular formula is C18H26O3. The van der Waals surface area contributed by atoms with Gasteiger partial charge in [-0.05, 0) is 48.4 Å². The van der Waals surface area contributed by atoms with Crippen LogP contribution in [0.3, 0.4) is 0 Å². The van der Waals surface area contributed by atoms with Crippen LogP contribution in [-0.2, 0) is 11.8 Å². The van der Waals surface area contributed by atoms with Gasteiger partial charge in [-0.15, -0.1) is 0 Å². The minimum Gasteiger partial charge on any atom is -0.493 e. The van der Waals surface area contributed by atoms with Gasteiger partial charge in [0.05, 0.1) is 20.3 Å². The third-order valence-corrected chi connectivity index (χ3v) is 5.58. The van der Waals surface area contributed by atoms with E-state index in [2.05, 4.69) is 19.1 Å². The van der Waals surface area contributed by atoms with Gasteiger partial charge in [-0.3, -0.25) is 0 Å². The molecule has 2 aliphatic rings. The van der Waals surface area contributed by atoms with Crippen molar-refractivity contribution >= 4 is 0 Å². The monoisotopic (exact) mass is 290 g/mol. The molecule has 0 aromatic heterocycles. The number of hydrogen-bond donors (Lipinski definition) is 1. The van der Waals surface area contributed by atoms with Crippen molar-refractivity contribution in [2.45, 2.75) is 57.0 Å². The molecule has 2 aliphatic carbocycles. The summed E-state index contributed by atoms with van der Waals surface area (Å²) in [5.41, 5.74) is 2.43. The van der Waals surface area contributed by atoms with E-state index < -0.39 is 0 Å². The average molecular weight is 290 g/mol. The van der Waals surface area contributed by atoms with Crippen molar-refractivity contribution in [1.82, 2.24) is 0 Å². The number of hydrogen-bond acceptors (Lipinski definition) is 3. The molecule has 3 unspecified atom stereocenters. The number of aliphatic hydroxyl groups excluding tert-OH is 1. The van der Waals surface area contributed by atoms with Gasteiger partial charge in [-0.2, -0.15) is 0 Å². The van der Waals surface area contributed by atoms with E-state index in [1.807, 2.05) is 0 Å². The SMILES string of the molecule is COc1cc2c(cc1OC)C1(C)CCCCCC(C2)C1O. The summed E-state index contributed by atoms with van der Waals surface area (Å²) < 4.78 is 10.9. The fourth-order valence-electron chi connectivity index (χ4n) is 4.31. The second-order valence-corrected chi connectivity index (χ2v) is 6.79. The zero-order chi connectivity index (χ0) is 15.0. The maximum atomic E-state index is 10.9. The maximum Gasteiger partial charge on any atom is 0.161 e. The molecule has 0 aliphatic heterocycles. The smallest absolute Gasteiger partial charge is 0.161 e. The zero-order valence-corrected chi connectivity index (χ0v) is 13.3. The Balaban J connectivity index is 2.13. The highest BCUT2D eigenvalue weighted by molar-refractivity contribution is 5.51. The van der Waals surface area contributed by atoms with Crippen LogP contribution in [-0.4, -0.2) is 25.4 Å². The molecule has 0 radical (unpaired) electrons. The highest BCUT2D eigenvalue weighted by Crippen LogP contribution is 2.49. The summed E-state index contributed by atoms with van der Waals surface area (Å²) in [6.45, 7) is 2.22. The standard InChI is InChI=1S/C18H26O3/c1-18-8-6-4-5-7-12(17(18)19)9-13-10-15(20-2)16(21-3)11-14(13)18/h10-12,17,19H,4-9H2,1-3H3. The highest BCUT2D eigenvalue weighted by Gasteiger charge is 2.45. The summed E-state index contributed by atoms with van der Waals surface area (Å²) in [6.07, 6.45) is 6.59. The van der Waals surface area contributed by atoms with E-state index in [1.54, 1.807) is 14.2 Å². The van der Waals surface area contributed by atoms with Crippen LogP contribution in [0.4, 0.5) is 0 Å². The molecule has 3 nitrogen and oxygen atoms in total. The van der Waals surface area contributed by atoms with Gasteiger partial charge < -0.3 is 14.6 Å². The molecule has 21 heavy (non-hydrogen) atoms. The Labute approximate surface area is 127 Å². The number of fused-ring (bicyclic) bond motifs is 4. The topological polar surface area (TPSA) is 38.7 Å². The number of benzene rings is 1. The Morgan fingerprint density at radius 2 is 1.81 bits per heavy atom. The van der Waals surface area contributed by atoms with E-state index in [-0.39, 0.29) is 11.5 Å². The van der Waals surface area contributed by atoms with Crippen molar-refractivity contribution in [1.29, 1.82) is 0 Å². The quantitative estimate of drug-likeness (QED) is 0.906. The molecule has 0 heterocycles. The van der Waals surface area contributed by atoms with Crippen LogP contribution in [0, 0.1) is 5.92 Å². The first-order chi connectivity index (χ1) is 10.1. The predicted octanol–water partition coefficient (Wildman–Crippen LogP) is 3.46. The third kappa shape index (κ3) is 2.32. The summed E-state index contributed by atoms with van der Waals surface area (Å²) in [5.74, 6) is 1.94. The lowest BCUT2D eigenvalue weighted by Crippen LogP contribution is -2.47. The molecule has 1 aromatic rings. The number of ether oxygens (including phenoxy) is 2. The molecule has 1 N–H and O–H groups in total. The average Bonchev–Trinajstić information content (AvgIpc) is 2.50. The molecule has 1 fully saturated rings. The van der Waals surface area contributed by atoms with Crippen molar-refractivity contribution in [3.05, 3.63) is 23.3 Å². The second kappa shape index (κ2) is 5.53. The Hall–Kier alpha value is -1.22. The van der Waals surface area contributed by atoms with Crippen molar-refractivity contribution < 1.29 is 14.6 Å². The summed E-state index contributed by atoms with van der Waals surface area (Å²) in [4.78, 5) is 0. The lowest BCUT2D eigenvalue weighted by molar-refractivity contribution is 0.00875. The van der Waals surface area contributed by atoms with Crippen molar-refractivity contribution in [2.24, 2.45) is 5.92 Å². The highest BCUT2D eigenvalue weighted by atomic mass is 16.5. The molecule has 1 saturated carbocycles. The minimum absolute atomic E-state index is 0.155. The minimum atomic E-state index is -0.247. The van der Waals surface area contributed by atoms with Gasteiger partial charge in [-0.1, -0.05) is 26.2 Å². The van der Waals surface area contributed by atoms with Crippen LogP contribution in [0.25, 0.3) is 0 Å². The van der Waals surface area contributed by atoms with Gasteiger partial charge in [-0.25, -0.2) is 0 Å². The van der Waals surface area contributed by atoms with E-state index in [1.165, 1.54) is 30.4 Å². The van der Waals surface area contributed by atoms with Crippen molar-refractivity contribution in [2.75, 3.05) is 14.2 Å². The van der Waals surface area contributed by atoms with Crippen LogP contribution in [0.1, 0.15) is 50.2 Å². The predicted molar refractivity (Wildman–Crippen MR) is 83.2 cm³/mol. The van der Waals surface area contributed by atoms with Crippen molar-refractivity contribution in [3.8, 4) is 11.5 Å². The lowest BCUT2D eigenvalue weighted by atomic mass is 9.61. The molecular weight excluding hydrogens is 264 g/mol. The Kier molecular flexibility index (Phi) is 3.87. The van der Waals surface area contributed by atoms with Crippen LogP contribution < -0.4 is 9.47 Å².